The van der Waals surface area contributed by atoms with Crippen molar-refractivity contribution in [2.45, 2.75) is 0 Å². The van der Waals surface area contributed by atoms with Crippen molar-refractivity contribution in [3.8, 4) is 51.0 Å². The zero-order chi connectivity index (χ0) is 37.5. The SMILES string of the molecule is c1ccc(-c2nc(-c3ccccc3)nc(-c3cccc4oc5ccc(-c6ccc7c(c6)c6ccccc6n7-c6cccc7c6sc6ccccc67)cc5c34)n2)cc1. The van der Waals surface area contributed by atoms with Crippen LogP contribution < -0.4 is 0 Å². The lowest BCUT2D eigenvalue weighted by Crippen LogP contribution is -2.00. The largest absolute Gasteiger partial charge is 0.456 e. The van der Waals surface area contributed by atoms with E-state index in [0.29, 0.717) is 17.5 Å². The van der Waals surface area contributed by atoms with Crippen molar-refractivity contribution < 1.29 is 4.42 Å². The molecule has 0 bridgehead atoms. The molecule has 0 amide bonds. The standard InChI is InChI=1S/C51H30N4OS/c1-3-13-31(14-4-1)49-52-50(32-15-5-2-6-16-32)54-51(53-49)38-20-12-23-45-47(38)40-30-34(26-28-44(40)56-45)33-25-27-42-39(29-33)35-17-7-9-21-41(35)55(42)43-22-11-19-37-36-18-8-10-24-46(36)57-48(37)43/h1-30H. The Morgan fingerprint density at radius 3 is 1.81 bits per heavy atom. The molecule has 0 radical (unpaired) electrons. The van der Waals surface area contributed by atoms with E-state index in [0.717, 1.165) is 49.8 Å². The molecule has 266 valence electrons. The molecule has 0 atom stereocenters. The number of thiophene rings is 1. The van der Waals surface area contributed by atoms with Gasteiger partial charge in [0.05, 0.1) is 21.4 Å². The van der Waals surface area contributed by atoms with Crippen molar-refractivity contribution in [2.75, 3.05) is 0 Å². The van der Waals surface area contributed by atoms with E-state index in [2.05, 4.69) is 114 Å². The summed E-state index contributed by atoms with van der Waals surface area (Å²) in [5, 5.41) is 7.03. The van der Waals surface area contributed by atoms with E-state index in [4.69, 9.17) is 19.4 Å². The van der Waals surface area contributed by atoms with Crippen LogP contribution >= 0.6 is 11.3 Å². The van der Waals surface area contributed by atoms with E-state index in [1.165, 1.54) is 47.7 Å². The number of fused-ring (bicyclic) bond motifs is 9. The average molecular weight is 747 g/mol. The third-order valence-corrected chi connectivity index (χ3v) is 12.3. The average Bonchev–Trinajstić information content (AvgIpc) is 3.96. The first-order valence-corrected chi connectivity index (χ1v) is 19.8. The fourth-order valence-corrected chi connectivity index (χ4v) is 9.65. The van der Waals surface area contributed by atoms with Crippen molar-refractivity contribution in [1.29, 1.82) is 0 Å². The second kappa shape index (κ2) is 12.6. The zero-order valence-corrected chi connectivity index (χ0v) is 31.2. The number of nitrogens with zero attached hydrogens (tertiary/aromatic N) is 4. The van der Waals surface area contributed by atoms with Crippen LogP contribution in [0.3, 0.4) is 0 Å². The summed E-state index contributed by atoms with van der Waals surface area (Å²) < 4.78 is 11.5. The molecule has 6 heteroatoms. The molecule has 0 fully saturated rings. The number of hydrogen-bond acceptors (Lipinski definition) is 5. The number of furan rings is 1. The summed E-state index contributed by atoms with van der Waals surface area (Å²) in [6, 6.07) is 63.8. The van der Waals surface area contributed by atoms with E-state index in [-0.39, 0.29) is 0 Å². The molecule has 8 aromatic carbocycles. The van der Waals surface area contributed by atoms with Gasteiger partial charge in [-0.3, -0.25) is 0 Å². The van der Waals surface area contributed by atoms with Crippen LogP contribution in [-0.2, 0) is 0 Å². The highest BCUT2D eigenvalue weighted by Crippen LogP contribution is 2.43. The molecular weight excluding hydrogens is 717 g/mol. The molecule has 0 spiro atoms. The topological polar surface area (TPSA) is 56.7 Å². The van der Waals surface area contributed by atoms with Gasteiger partial charge in [0.1, 0.15) is 11.2 Å². The summed E-state index contributed by atoms with van der Waals surface area (Å²) in [5.41, 5.74) is 10.2. The summed E-state index contributed by atoms with van der Waals surface area (Å²) in [7, 11) is 0. The molecule has 0 saturated heterocycles. The lowest BCUT2D eigenvalue weighted by Gasteiger charge is -2.10. The minimum absolute atomic E-state index is 0.601. The van der Waals surface area contributed by atoms with Crippen LogP contribution in [0.4, 0.5) is 0 Å². The Morgan fingerprint density at radius 1 is 0.404 bits per heavy atom. The summed E-state index contributed by atoms with van der Waals surface area (Å²) in [6.07, 6.45) is 0. The number of aromatic nitrogens is 4. The molecule has 5 nitrogen and oxygen atoms in total. The van der Waals surface area contributed by atoms with Gasteiger partial charge >= 0.3 is 0 Å². The van der Waals surface area contributed by atoms with Crippen molar-refractivity contribution in [3.63, 3.8) is 0 Å². The summed E-state index contributed by atoms with van der Waals surface area (Å²) in [4.78, 5) is 15.1. The van der Waals surface area contributed by atoms with Crippen LogP contribution in [0.15, 0.2) is 186 Å². The van der Waals surface area contributed by atoms with E-state index in [1.807, 2.05) is 84.1 Å². The van der Waals surface area contributed by atoms with Gasteiger partial charge in [-0.05, 0) is 59.7 Å². The Morgan fingerprint density at radius 2 is 1.02 bits per heavy atom. The van der Waals surface area contributed by atoms with Crippen molar-refractivity contribution in [2.24, 2.45) is 0 Å². The van der Waals surface area contributed by atoms with E-state index >= 15 is 0 Å². The first-order chi connectivity index (χ1) is 28.2. The summed E-state index contributed by atoms with van der Waals surface area (Å²) in [6.45, 7) is 0. The fraction of sp³-hybridized carbons (Fsp3) is 0. The number of benzene rings is 8. The molecule has 4 aromatic heterocycles. The van der Waals surface area contributed by atoms with Gasteiger partial charge in [-0.2, -0.15) is 0 Å². The normalized spacial score (nSPS) is 11.9. The zero-order valence-electron chi connectivity index (χ0n) is 30.4. The maximum atomic E-state index is 6.50. The lowest BCUT2D eigenvalue weighted by molar-refractivity contribution is 0.669. The van der Waals surface area contributed by atoms with E-state index in [1.54, 1.807) is 0 Å². The van der Waals surface area contributed by atoms with Gasteiger partial charge in [-0.25, -0.2) is 15.0 Å². The van der Waals surface area contributed by atoms with Crippen LogP contribution in [0, 0.1) is 0 Å². The first kappa shape index (κ1) is 31.9. The molecule has 0 saturated carbocycles. The minimum Gasteiger partial charge on any atom is -0.456 e. The van der Waals surface area contributed by atoms with Gasteiger partial charge in [-0.15, -0.1) is 11.3 Å². The number of hydrogen-bond donors (Lipinski definition) is 0. The fourth-order valence-electron chi connectivity index (χ4n) is 8.44. The quantitative estimate of drug-likeness (QED) is 0.176. The third-order valence-electron chi connectivity index (χ3n) is 11.1. The molecule has 0 unspecified atom stereocenters. The molecule has 4 heterocycles. The maximum absolute atomic E-state index is 6.50. The highest BCUT2D eigenvalue weighted by atomic mass is 32.1. The van der Waals surface area contributed by atoms with Gasteiger partial charge in [0.2, 0.25) is 0 Å². The molecule has 57 heavy (non-hydrogen) atoms. The highest BCUT2D eigenvalue weighted by molar-refractivity contribution is 7.26. The van der Waals surface area contributed by atoms with Crippen molar-refractivity contribution in [1.82, 2.24) is 19.5 Å². The minimum atomic E-state index is 0.601. The van der Waals surface area contributed by atoms with Crippen LogP contribution in [0.1, 0.15) is 0 Å². The smallest absolute Gasteiger partial charge is 0.164 e. The Hall–Kier alpha value is -7.41. The Kier molecular flexibility index (Phi) is 7.03. The Bertz CT molecular complexity index is 3470. The van der Waals surface area contributed by atoms with Gasteiger partial charge in [-0.1, -0.05) is 133 Å². The molecule has 0 aliphatic heterocycles. The monoisotopic (exact) mass is 746 g/mol. The molecule has 0 N–H and O–H groups in total. The number of rotatable bonds is 5. The van der Waals surface area contributed by atoms with Gasteiger partial charge < -0.3 is 8.98 Å². The summed E-state index contributed by atoms with van der Waals surface area (Å²) >= 11 is 1.86. The van der Waals surface area contributed by atoms with Crippen LogP contribution in [0.5, 0.6) is 0 Å². The predicted octanol–water partition coefficient (Wildman–Crippen LogP) is 13.9. The second-order valence-corrected chi connectivity index (χ2v) is 15.4. The first-order valence-electron chi connectivity index (χ1n) is 19.0. The number of para-hydroxylation sites is 1. The molecular formula is C51H30N4OS. The third kappa shape index (κ3) is 5.04. The highest BCUT2D eigenvalue weighted by Gasteiger charge is 2.20. The Labute approximate surface area is 330 Å². The van der Waals surface area contributed by atoms with Crippen LogP contribution in [0.25, 0.3) is 115 Å². The molecule has 12 rings (SSSR count). The predicted molar refractivity (Wildman–Crippen MR) is 236 cm³/mol. The molecule has 0 aliphatic rings. The van der Waals surface area contributed by atoms with E-state index < -0.39 is 0 Å². The van der Waals surface area contributed by atoms with Crippen molar-refractivity contribution in [3.05, 3.63) is 182 Å². The van der Waals surface area contributed by atoms with Crippen LogP contribution in [-0.4, -0.2) is 19.5 Å². The van der Waals surface area contributed by atoms with Gasteiger partial charge in [0, 0.05) is 53.7 Å². The second-order valence-electron chi connectivity index (χ2n) is 14.4. The Balaban J connectivity index is 1.04. The van der Waals surface area contributed by atoms with Crippen molar-refractivity contribution >= 4 is 75.3 Å². The van der Waals surface area contributed by atoms with E-state index in [9.17, 15) is 0 Å². The molecule has 0 aliphatic carbocycles. The molecule has 12 aromatic rings. The summed E-state index contributed by atoms with van der Waals surface area (Å²) in [5.74, 6) is 1.85. The maximum Gasteiger partial charge on any atom is 0.164 e. The van der Waals surface area contributed by atoms with Crippen LogP contribution in [0.2, 0.25) is 0 Å². The van der Waals surface area contributed by atoms with Gasteiger partial charge in [0.25, 0.3) is 0 Å². The van der Waals surface area contributed by atoms with Gasteiger partial charge in [0.15, 0.2) is 17.5 Å². The lowest BCUT2D eigenvalue weighted by atomic mass is 9.99.